The molecule has 0 radical (unpaired) electrons. The Bertz CT molecular complexity index is 929. The van der Waals surface area contributed by atoms with Crippen LogP contribution in [0.5, 0.6) is 0 Å². The lowest BCUT2D eigenvalue weighted by molar-refractivity contribution is 0.553. The monoisotopic (exact) mass is 341 g/mol. The Morgan fingerprint density at radius 2 is 2.23 bits per heavy atom. The number of thioether (sulfide) groups is 1. The summed E-state index contributed by atoms with van der Waals surface area (Å²) >= 11 is 1.35. The maximum absolute atomic E-state index is 12.2. The maximum atomic E-state index is 12.2. The van der Waals surface area contributed by atoms with Crippen LogP contribution in [0.3, 0.4) is 0 Å². The van der Waals surface area contributed by atoms with Crippen LogP contribution in [0.1, 0.15) is 0 Å². The molecule has 0 saturated carbocycles. The number of oxazole rings is 1. The van der Waals surface area contributed by atoms with Gasteiger partial charge in [-0.3, -0.25) is 10.1 Å². The Labute approximate surface area is 128 Å². The fourth-order valence-electron chi connectivity index (χ4n) is 1.76. The molecule has 22 heavy (non-hydrogen) atoms. The van der Waals surface area contributed by atoms with E-state index in [2.05, 4.69) is 24.9 Å². The molecule has 3 rings (SSSR count). The molecule has 0 saturated heterocycles. The van der Waals surface area contributed by atoms with Crippen molar-refractivity contribution in [3.8, 4) is 0 Å². The Morgan fingerprint density at radius 1 is 1.36 bits per heavy atom. The molecule has 0 aliphatic rings. The Hall–Kier alpha value is -2.11. The minimum atomic E-state index is -3.67. The van der Waals surface area contributed by atoms with Crippen LogP contribution in [0.4, 0.5) is 0 Å². The van der Waals surface area contributed by atoms with E-state index in [-0.39, 0.29) is 17.0 Å². The second-order valence-electron chi connectivity index (χ2n) is 4.21. The molecule has 2 heterocycles. The lowest BCUT2D eigenvalue weighted by Crippen LogP contribution is -2.26. The molecule has 2 aromatic heterocycles. The number of sulfonamides is 1. The number of fused-ring (bicyclic) bond motifs is 1. The highest BCUT2D eigenvalue weighted by Gasteiger charge is 2.15. The van der Waals surface area contributed by atoms with Crippen LogP contribution in [0, 0.1) is 0 Å². The number of hydrogen-bond acceptors (Lipinski definition) is 7. The smallest absolute Gasteiger partial charge is 0.408 e. The zero-order valence-electron chi connectivity index (χ0n) is 11.1. The van der Waals surface area contributed by atoms with Crippen molar-refractivity contribution in [1.82, 2.24) is 24.9 Å². The van der Waals surface area contributed by atoms with Gasteiger partial charge < -0.3 is 4.42 Å². The summed E-state index contributed by atoms with van der Waals surface area (Å²) in [5.41, 5.74) is 0.647. The van der Waals surface area contributed by atoms with Crippen LogP contribution in [-0.2, 0) is 10.0 Å². The van der Waals surface area contributed by atoms with E-state index < -0.39 is 15.8 Å². The summed E-state index contributed by atoms with van der Waals surface area (Å²) in [6.45, 7) is 0.225. The van der Waals surface area contributed by atoms with Gasteiger partial charge in [0.05, 0.1) is 10.4 Å². The molecule has 0 fully saturated rings. The predicted octanol–water partition coefficient (Wildman–Crippen LogP) is 0.310. The SMILES string of the molecule is O=c1[nH]c2ccc(S(=O)(=O)NCCSc3ncn[nH]3)cc2o1. The van der Waals surface area contributed by atoms with E-state index in [4.69, 9.17) is 4.42 Å². The minimum Gasteiger partial charge on any atom is -0.408 e. The van der Waals surface area contributed by atoms with Crippen molar-refractivity contribution < 1.29 is 12.8 Å². The fraction of sp³-hybridized carbons (Fsp3) is 0.182. The van der Waals surface area contributed by atoms with E-state index in [1.807, 2.05) is 0 Å². The Kier molecular flexibility index (Phi) is 4.00. The summed E-state index contributed by atoms with van der Waals surface area (Å²) in [4.78, 5) is 17.5. The van der Waals surface area contributed by atoms with Gasteiger partial charge in [0.1, 0.15) is 6.33 Å². The van der Waals surface area contributed by atoms with Crippen LogP contribution in [0.25, 0.3) is 11.1 Å². The van der Waals surface area contributed by atoms with E-state index in [9.17, 15) is 13.2 Å². The van der Waals surface area contributed by atoms with Crippen LogP contribution < -0.4 is 10.5 Å². The quantitative estimate of drug-likeness (QED) is 0.434. The van der Waals surface area contributed by atoms with Crippen molar-refractivity contribution >= 4 is 32.9 Å². The van der Waals surface area contributed by atoms with E-state index in [0.29, 0.717) is 16.4 Å². The number of benzene rings is 1. The lowest BCUT2D eigenvalue weighted by Gasteiger charge is -2.05. The lowest BCUT2D eigenvalue weighted by atomic mass is 10.3. The third-order valence-corrected chi connectivity index (χ3v) is 5.07. The molecule has 0 amide bonds. The van der Waals surface area contributed by atoms with Crippen molar-refractivity contribution in [3.05, 3.63) is 35.1 Å². The number of aromatic nitrogens is 4. The molecule has 0 aliphatic carbocycles. The molecule has 3 aromatic rings. The molecule has 0 unspecified atom stereocenters. The Morgan fingerprint density at radius 3 is 3.00 bits per heavy atom. The number of aromatic amines is 2. The summed E-state index contributed by atoms with van der Waals surface area (Å²) in [5, 5.41) is 6.98. The summed E-state index contributed by atoms with van der Waals surface area (Å²) < 4.78 is 31.6. The summed E-state index contributed by atoms with van der Waals surface area (Å²) in [7, 11) is -3.67. The first kappa shape index (κ1) is 14.8. The molecule has 0 bridgehead atoms. The maximum Gasteiger partial charge on any atom is 0.417 e. The summed E-state index contributed by atoms with van der Waals surface area (Å²) in [5.74, 6) is -0.128. The third-order valence-electron chi connectivity index (χ3n) is 2.73. The molecule has 0 atom stereocenters. The van der Waals surface area contributed by atoms with Crippen LogP contribution in [-0.4, -0.2) is 40.9 Å². The number of hydrogen-bond donors (Lipinski definition) is 3. The van der Waals surface area contributed by atoms with Gasteiger partial charge in [0.25, 0.3) is 0 Å². The highest BCUT2D eigenvalue weighted by molar-refractivity contribution is 7.99. The van der Waals surface area contributed by atoms with Gasteiger partial charge in [0, 0.05) is 18.4 Å². The van der Waals surface area contributed by atoms with E-state index >= 15 is 0 Å². The van der Waals surface area contributed by atoms with Gasteiger partial charge in [-0.25, -0.2) is 22.9 Å². The summed E-state index contributed by atoms with van der Waals surface area (Å²) in [6, 6.07) is 4.19. The predicted molar refractivity (Wildman–Crippen MR) is 79.1 cm³/mol. The van der Waals surface area contributed by atoms with Crippen molar-refractivity contribution in [1.29, 1.82) is 0 Å². The Balaban J connectivity index is 1.66. The van der Waals surface area contributed by atoms with Gasteiger partial charge in [-0.1, -0.05) is 11.8 Å². The number of nitrogens with one attached hydrogen (secondary N) is 3. The van der Waals surface area contributed by atoms with Gasteiger partial charge in [-0.2, -0.15) is 5.10 Å². The van der Waals surface area contributed by atoms with Gasteiger partial charge in [0.15, 0.2) is 10.7 Å². The second kappa shape index (κ2) is 5.94. The van der Waals surface area contributed by atoms with Crippen LogP contribution in [0.2, 0.25) is 0 Å². The van der Waals surface area contributed by atoms with Gasteiger partial charge in [-0.05, 0) is 12.1 Å². The minimum absolute atomic E-state index is 0.0346. The fourth-order valence-corrected chi connectivity index (χ4v) is 3.58. The van der Waals surface area contributed by atoms with Crippen molar-refractivity contribution in [2.75, 3.05) is 12.3 Å². The van der Waals surface area contributed by atoms with Crippen molar-refractivity contribution in [3.63, 3.8) is 0 Å². The number of H-pyrrole nitrogens is 2. The van der Waals surface area contributed by atoms with E-state index in [1.54, 1.807) is 0 Å². The highest BCUT2D eigenvalue weighted by Crippen LogP contribution is 2.16. The van der Waals surface area contributed by atoms with Gasteiger partial charge in [-0.15, -0.1) is 0 Å². The van der Waals surface area contributed by atoms with E-state index in [1.165, 1.54) is 36.3 Å². The first-order valence-electron chi connectivity index (χ1n) is 6.15. The molecule has 3 N–H and O–H groups in total. The zero-order valence-corrected chi connectivity index (χ0v) is 12.7. The van der Waals surface area contributed by atoms with Crippen molar-refractivity contribution in [2.24, 2.45) is 0 Å². The molecule has 0 aliphatic heterocycles. The van der Waals surface area contributed by atoms with Gasteiger partial charge in [0.2, 0.25) is 10.0 Å². The molecular weight excluding hydrogens is 330 g/mol. The molecular formula is C11H11N5O4S2. The molecule has 0 spiro atoms. The second-order valence-corrected chi connectivity index (χ2v) is 7.06. The molecule has 9 nitrogen and oxygen atoms in total. The highest BCUT2D eigenvalue weighted by atomic mass is 32.2. The number of rotatable bonds is 6. The topological polar surface area (TPSA) is 134 Å². The van der Waals surface area contributed by atoms with Crippen LogP contribution >= 0.6 is 11.8 Å². The largest absolute Gasteiger partial charge is 0.417 e. The van der Waals surface area contributed by atoms with Gasteiger partial charge >= 0.3 is 5.76 Å². The first-order valence-corrected chi connectivity index (χ1v) is 8.62. The molecule has 1 aromatic carbocycles. The average Bonchev–Trinajstić information content (AvgIpc) is 3.10. The van der Waals surface area contributed by atoms with Crippen molar-refractivity contribution in [2.45, 2.75) is 10.1 Å². The normalized spacial score (nSPS) is 12.0. The number of nitrogens with zero attached hydrogens (tertiary/aromatic N) is 2. The third kappa shape index (κ3) is 3.21. The standard InChI is InChI=1S/C11H11N5O4S2/c17-11-15-8-2-1-7(5-9(8)20-11)22(18,19)14-3-4-21-10-12-6-13-16-10/h1-2,5-6,14H,3-4H2,(H,15,17)(H,12,13,16). The molecule has 116 valence electrons. The first-order chi connectivity index (χ1) is 10.5. The summed E-state index contributed by atoms with van der Waals surface area (Å²) in [6.07, 6.45) is 1.38. The van der Waals surface area contributed by atoms with Crippen LogP contribution in [0.15, 0.2) is 43.8 Å². The average molecular weight is 341 g/mol. The van der Waals surface area contributed by atoms with E-state index in [0.717, 1.165) is 0 Å². The zero-order chi connectivity index (χ0) is 15.6. The molecule has 11 heteroatoms.